The summed E-state index contributed by atoms with van der Waals surface area (Å²) >= 11 is 5.01. The first kappa shape index (κ1) is 14.2. The monoisotopic (exact) mass is 288 g/mol. The first-order chi connectivity index (χ1) is 9.56. The van der Waals surface area contributed by atoms with Crippen LogP contribution in [-0.4, -0.2) is 20.7 Å². The summed E-state index contributed by atoms with van der Waals surface area (Å²) < 4.78 is 1.61. The molecule has 0 radical (unpaired) electrons. The van der Waals surface area contributed by atoms with Crippen molar-refractivity contribution in [3.8, 4) is 0 Å². The van der Waals surface area contributed by atoms with E-state index in [-0.39, 0.29) is 10.9 Å². The molecule has 0 bridgehead atoms. The normalized spacial score (nSPS) is 11.8. The van der Waals surface area contributed by atoms with Crippen molar-refractivity contribution in [2.45, 2.75) is 6.42 Å². The minimum atomic E-state index is -0.547. The third-order valence-electron chi connectivity index (χ3n) is 2.91. The zero-order valence-electron chi connectivity index (χ0n) is 11.1. The number of aromatic nitrogens is 2. The van der Waals surface area contributed by atoms with Gasteiger partial charge in [-0.15, -0.1) is 0 Å². The van der Waals surface area contributed by atoms with Crippen LogP contribution in [0.15, 0.2) is 42.6 Å². The van der Waals surface area contributed by atoms with Crippen LogP contribution in [0.3, 0.4) is 0 Å². The standard InChI is InChI=1S/C14H16N4OS/c1-18-8-7-12(17-18)16-14(19)11(13(15)20)9-10-5-3-2-4-6-10/h2-8,11H,9H2,1H3,(H2,15,20)(H,16,17,19). The van der Waals surface area contributed by atoms with Crippen molar-refractivity contribution in [1.29, 1.82) is 0 Å². The van der Waals surface area contributed by atoms with Crippen LogP contribution >= 0.6 is 12.2 Å². The number of nitrogens with two attached hydrogens (primary N) is 1. The van der Waals surface area contributed by atoms with Gasteiger partial charge in [-0.2, -0.15) is 5.10 Å². The van der Waals surface area contributed by atoms with Gasteiger partial charge in [0.2, 0.25) is 5.91 Å². The lowest BCUT2D eigenvalue weighted by Crippen LogP contribution is -2.35. The van der Waals surface area contributed by atoms with Crippen LogP contribution in [0, 0.1) is 5.92 Å². The van der Waals surface area contributed by atoms with Crippen LogP contribution in [0.4, 0.5) is 5.82 Å². The molecule has 5 nitrogen and oxygen atoms in total. The molecule has 1 heterocycles. The van der Waals surface area contributed by atoms with Crippen molar-refractivity contribution in [3.63, 3.8) is 0 Å². The number of amides is 1. The Balaban J connectivity index is 2.08. The molecule has 2 aromatic rings. The molecule has 0 aliphatic carbocycles. The van der Waals surface area contributed by atoms with Gasteiger partial charge >= 0.3 is 0 Å². The second-order valence-corrected chi connectivity index (χ2v) is 4.98. The number of benzene rings is 1. The van der Waals surface area contributed by atoms with Crippen LogP contribution in [0.5, 0.6) is 0 Å². The Morgan fingerprint density at radius 1 is 1.40 bits per heavy atom. The quantitative estimate of drug-likeness (QED) is 0.818. The second-order valence-electron chi connectivity index (χ2n) is 4.51. The second kappa shape index (κ2) is 6.29. The summed E-state index contributed by atoms with van der Waals surface area (Å²) in [5.41, 5.74) is 6.70. The van der Waals surface area contributed by atoms with Crippen molar-refractivity contribution < 1.29 is 4.79 Å². The van der Waals surface area contributed by atoms with E-state index < -0.39 is 5.92 Å². The number of hydrogen-bond donors (Lipinski definition) is 2. The summed E-state index contributed by atoms with van der Waals surface area (Å²) in [4.78, 5) is 12.4. The van der Waals surface area contributed by atoms with Gasteiger partial charge in [-0.25, -0.2) is 0 Å². The van der Waals surface area contributed by atoms with Crippen LogP contribution in [0.1, 0.15) is 5.56 Å². The van der Waals surface area contributed by atoms with Crippen LogP contribution in [-0.2, 0) is 18.3 Å². The van der Waals surface area contributed by atoms with Gasteiger partial charge in [0.25, 0.3) is 0 Å². The molecule has 0 aliphatic rings. The number of rotatable bonds is 5. The van der Waals surface area contributed by atoms with E-state index >= 15 is 0 Å². The molecule has 0 saturated heterocycles. The fraction of sp³-hybridized carbons (Fsp3) is 0.214. The maximum atomic E-state index is 12.2. The van der Waals surface area contributed by atoms with Crippen molar-refractivity contribution >= 4 is 28.9 Å². The number of nitrogens with zero attached hydrogens (tertiary/aromatic N) is 2. The number of nitrogens with one attached hydrogen (secondary N) is 1. The SMILES string of the molecule is Cn1ccc(NC(=O)C(Cc2ccccc2)C(N)=S)n1. The summed E-state index contributed by atoms with van der Waals surface area (Å²) in [6.45, 7) is 0. The van der Waals surface area contributed by atoms with Crippen LogP contribution < -0.4 is 11.1 Å². The molecule has 6 heteroatoms. The molecule has 104 valence electrons. The van der Waals surface area contributed by atoms with Crippen LogP contribution in [0.25, 0.3) is 0 Å². The number of anilines is 1. The summed E-state index contributed by atoms with van der Waals surface area (Å²) in [5, 5.41) is 6.83. The molecule has 0 saturated carbocycles. The molecule has 1 unspecified atom stereocenters. The van der Waals surface area contributed by atoms with Crippen molar-refractivity contribution in [2.24, 2.45) is 18.7 Å². The highest BCUT2D eigenvalue weighted by molar-refractivity contribution is 7.80. The lowest BCUT2D eigenvalue weighted by atomic mass is 9.98. The van der Waals surface area contributed by atoms with E-state index in [2.05, 4.69) is 10.4 Å². The first-order valence-electron chi connectivity index (χ1n) is 6.20. The van der Waals surface area contributed by atoms with E-state index in [4.69, 9.17) is 18.0 Å². The minimum Gasteiger partial charge on any atom is -0.393 e. The average molecular weight is 288 g/mol. The molecule has 1 aromatic carbocycles. The largest absolute Gasteiger partial charge is 0.393 e. The maximum Gasteiger partial charge on any atom is 0.235 e. The maximum absolute atomic E-state index is 12.2. The molecule has 20 heavy (non-hydrogen) atoms. The fourth-order valence-electron chi connectivity index (χ4n) is 1.87. The zero-order chi connectivity index (χ0) is 14.5. The summed E-state index contributed by atoms with van der Waals surface area (Å²) in [7, 11) is 1.78. The van der Waals surface area contributed by atoms with E-state index in [1.807, 2.05) is 30.3 Å². The summed E-state index contributed by atoms with van der Waals surface area (Å²) in [6, 6.07) is 11.4. The minimum absolute atomic E-state index is 0.183. The Labute approximate surface area is 122 Å². The Morgan fingerprint density at radius 2 is 2.10 bits per heavy atom. The van der Waals surface area contributed by atoms with E-state index in [1.165, 1.54) is 0 Å². The van der Waals surface area contributed by atoms with Gasteiger partial charge in [0.15, 0.2) is 5.82 Å². The summed E-state index contributed by atoms with van der Waals surface area (Å²) in [5.74, 6) is -0.290. The first-order valence-corrected chi connectivity index (χ1v) is 6.61. The lowest BCUT2D eigenvalue weighted by molar-refractivity contribution is -0.118. The Bertz CT molecular complexity index is 609. The molecule has 3 N–H and O–H groups in total. The van der Waals surface area contributed by atoms with E-state index in [0.717, 1.165) is 5.56 Å². The molecule has 0 aliphatic heterocycles. The Morgan fingerprint density at radius 3 is 2.65 bits per heavy atom. The highest BCUT2D eigenvalue weighted by atomic mass is 32.1. The molecule has 0 spiro atoms. The molecular weight excluding hydrogens is 272 g/mol. The molecule has 2 rings (SSSR count). The number of thiocarbonyl (C=S) groups is 1. The predicted molar refractivity (Wildman–Crippen MR) is 82.3 cm³/mol. The van der Waals surface area contributed by atoms with Crippen molar-refractivity contribution in [1.82, 2.24) is 9.78 Å². The van der Waals surface area contributed by atoms with Gasteiger partial charge < -0.3 is 11.1 Å². The van der Waals surface area contributed by atoms with Crippen LogP contribution in [0.2, 0.25) is 0 Å². The lowest BCUT2D eigenvalue weighted by Gasteiger charge is -2.14. The highest BCUT2D eigenvalue weighted by Crippen LogP contribution is 2.12. The average Bonchev–Trinajstić information content (AvgIpc) is 2.82. The Hall–Kier alpha value is -2.21. The van der Waals surface area contributed by atoms with Gasteiger partial charge in [-0.3, -0.25) is 9.48 Å². The van der Waals surface area contributed by atoms with Gasteiger partial charge in [0.1, 0.15) is 0 Å². The third-order valence-corrected chi connectivity index (χ3v) is 3.19. The summed E-state index contributed by atoms with van der Waals surface area (Å²) in [6.07, 6.45) is 2.23. The topological polar surface area (TPSA) is 72.9 Å². The molecule has 1 aromatic heterocycles. The molecular formula is C14H16N4OS. The van der Waals surface area contributed by atoms with Gasteiger partial charge in [-0.1, -0.05) is 42.5 Å². The molecule has 1 amide bonds. The van der Waals surface area contributed by atoms with Gasteiger partial charge in [0, 0.05) is 19.3 Å². The van der Waals surface area contributed by atoms with E-state index in [0.29, 0.717) is 12.2 Å². The van der Waals surface area contributed by atoms with Crippen molar-refractivity contribution in [3.05, 3.63) is 48.2 Å². The highest BCUT2D eigenvalue weighted by Gasteiger charge is 2.22. The smallest absolute Gasteiger partial charge is 0.235 e. The van der Waals surface area contributed by atoms with E-state index in [1.54, 1.807) is 24.0 Å². The Kier molecular flexibility index (Phi) is 4.47. The number of hydrogen-bond acceptors (Lipinski definition) is 3. The van der Waals surface area contributed by atoms with Gasteiger partial charge in [0.05, 0.1) is 10.9 Å². The van der Waals surface area contributed by atoms with E-state index in [9.17, 15) is 4.79 Å². The zero-order valence-corrected chi connectivity index (χ0v) is 11.9. The number of carbonyl (C=O) groups is 1. The molecule has 0 fully saturated rings. The number of carbonyl (C=O) groups excluding carboxylic acids is 1. The van der Waals surface area contributed by atoms with Gasteiger partial charge in [-0.05, 0) is 12.0 Å². The predicted octanol–water partition coefficient (Wildman–Crippen LogP) is 1.50. The number of aryl methyl sites for hydroxylation is 1. The fourth-order valence-corrected chi connectivity index (χ4v) is 2.06. The van der Waals surface area contributed by atoms with Crippen molar-refractivity contribution in [2.75, 3.05) is 5.32 Å². The molecule has 1 atom stereocenters. The third kappa shape index (κ3) is 3.64.